The largest absolute Gasteiger partial charge is 0.479 e. The summed E-state index contributed by atoms with van der Waals surface area (Å²) in [7, 11) is 0. The Hall–Kier alpha value is -2.36. The number of oxazole rings is 1. The minimum atomic E-state index is -0.197. The number of aromatic nitrogens is 1. The van der Waals surface area contributed by atoms with Crippen LogP contribution in [-0.4, -0.2) is 16.3 Å². The molecule has 0 atom stereocenters. The maximum Gasteiger partial charge on any atom is 0.312 e. The Labute approximate surface area is 112 Å². The van der Waals surface area contributed by atoms with Crippen LogP contribution in [-0.2, 0) is 6.42 Å². The normalized spacial score (nSPS) is 10.8. The molecule has 0 aliphatic heterocycles. The van der Waals surface area contributed by atoms with Crippen molar-refractivity contribution in [3.8, 4) is 5.95 Å². The van der Waals surface area contributed by atoms with Gasteiger partial charge in [0.25, 0.3) is 0 Å². The van der Waals surface area contributed by atoms with Gasteiger partial charge in [0, 0.05) is 12.6 Å². The van der Waals surface area contributed by atoms with Crippen LogP contribution in [0.1, 0.15) is 31.0 Å². The van der Waals surface area contributed by atoms with E-state index in [1.54, 1.807) is 6.20 Å². The molecule has 0 unspecified atom stereocenters. The lowest BCUT2D eigenvalue weighted by molar-refractivity contribution is 0.319. The van der Waals surface area contributed by atoms with Gasteiger partial charge in [0.05, 0.1) is 6.21 Å². The van der Waals surface area contributed by atoms with Gasteiger partial charge < -0.3 is 9.52 Å². The molecule has 1 heterocycles. The maximum atomic E-state index is 9.63. The number of benzene rings is 1. The van der Waals surface area contributed by atoms with Gasteiger partial charge in [0.1, 0.15) is 0 Å². The summed E-state index contributed by atoms with van der Waals surface area (Å²) in [4.78, 5) is 8.26. The molecule has 1 N–H and O–H groups in total. The molecule has 0 amide bonds. The van der Waals surface area contributed by atoms with Crippen molar-refractivity contribution in [3.63, 3.8) is 0 Å². The van der Waals surface area contributed by atoms with Crippen molar-refractivity contribution in [2.24, 2.45) is 4.99 Å². The molecule has 0 radical (unpaired) electrons. The number of allylic oxidation sites excluding steroid dienone is 1. The van der Waals surface area contributed by atoms with E-state index in [0.717, 1.165) is 11.1 Å². The quantitative estimate of drug-likeness (QED) is 0.854. The van der Waals surface area contributed by atoms with Crippen molar-refractivity contribution in [1.29, 1.82) is 0 Å². The van der Waals surface area contributed by atoms with Crippen LogP contribution in [0.5, 0.6) is 5.95 Å². The average Bonchev–Trinajstić information content (AvgIpc) is 2.70. The van der Waals surface area contributed by atoms with Gasteiger partial charge in [-0.15, -0.1) is 0 Å². The zero-order valence-electron chi connectivity index (χ0n) is 11.0. The first-order chi connectivity index (χ1) is 9.15. The second kappa shape index (κ2) is 6.00. The molecule has 0 aliphatic rings. The Morgan fingerprint density at radius 2 is 2.05 bits per heavy atom. The second-order valence-electron chi connectivity index (χ2n) is 4.44. The van der Waals surface area contributed by atoms with Crippen LogP contribution in [0, 0.1) is 0 Å². The molecular formula is C15H16N2O2. The van der Waals surface area contributed by atoms with E-state index in [2.05, 4.69) is 9.98 Å². The van der Waals surface area contributed by atoms with E-state index in [9.17, 15) is 5.11 Å². The number of hydrogen-bond donors (Lipinski definition) is 1. The van der Waals surface area contributed by atoms with Crippen molar-refractivity contribution in [2.45, 2.75) is 20.3 Å². The summed E-state index contributed by atoms with van der Waals surface area (Å²) in [6, 6.07) is 9.83. The summed E-state index contributed by atoms with van der Waals surface area (Å²) >= 11 is 0. The molecule has 98 valence electrons. The third-order valence-corrected chi connectivity index (χ3v) is 2.41. The second-order valence-corrected chi connectivity index (χ2v) is 4.44. The topological polar surface area (TPSA) is 58.6 Å². The van der Waals surface area contributed by atoms with E-state index in [0.29, 0.717) is 18.0 Å². The van der Waals surface area contributed by atoms with E-state index >= 15 is 0 Å². The summed E-state index contributed by atoms with van der Waals surface area (Å²) < 4.78 is 5.21. The Morgan fingerprint density at radius 1 is 1.32 bits per heavy atom. The van der Waals surface area contributed by atoms with Gasteiger partial charge >= 0.3 is 5.95 Å². The fourth-order valence-corrected chi connectivity index (χ4v) is 1.56. The van der Waals surface area contributed by atoms with Crippen LogP contribution < -0.4 is 0 Å². The third-order valence-electron chi connectivity index (χ3n) is 2.41. The standard InChI is InChI=1S/C15H16N2O2/c1-11(2)9-16-10-13-15(18)19-14(17-13)8-12-6-4-3-5-7-12/h3-7,9-10,18H,8H2,1-2H3. The lowest BCUT2D eigenvalue weighted by atomic mass is 10.1. The molecule has 0 aliphatic carbocycles. The molecule has 0 bridgehead atoms. The maximum absolute atomic E-state index is 9.63. The van der Waals surface area contributed by atoms with Crippen LogP contribution >= 0.6 is 0 Å². The molecule has 0 saturated carbocycles. The number of rotatable bonds is 4. The van der Waals surface area contributed by atoms with Crippen molar-refractivity contribution in [2.75, 3.05) is 0 Å². The number of hydrogen-bond acceptors (Lipinski definition) is 4. The van der Waals surface area contributed by atoms with Gasteiger partial charge in [-0.25, -0.2) is 4.98 Å². The van der Waals surface area contributed by atoms with E-state index in [-0.39, 0.29) is 5.95 Å². The molecular weight excluding hydrogens is 240 g/mol. The lowest BCUT2D eigenvalue weighted by Gasteiger charge is -1.94. The molecule has 0 fully saturated rings. The first-order valence-electron chi connectivity index (χ1n) is 6.04. The van der Waals surface area contributed by atoms with Gasteiger partial charge in [0.2, 0.25) is 5.89 Å². The van der Waals surface area contributed by atoms with Crippen molar-refractivity contribution < 1.29 is 9.52 Å². The highest BCUT2D eigenvalue weighted by Crippen LogP contribution is 2.18. The molecule has 4 nitrogen and oxygen atoms in total. The van der Waals surface area contributed by atoms with Crippen LogP contribution in [0.4, 0.5) is 0 Å². The first kappa shape index (κ1) is 13.1. The van der Waals surface area contributed by atoms with E-state index < -0.39 is 0 Å². The fourth-order valence-electron chi connectivity index (χ4n) is 1.56. The van der Waals surface area contributed by atoms with E-state index in [1.165, 1.54) is 6.21 Å². The summed E-state index contributed by atoms with van der Waals surface area (Å²) in [5, 5.41) is 9.63. The van der Waals surface area contributed by atoms with Crippen LogP contribution in [0.15, 0.2) is 51.5 Å². The van der Waals surface area contributed by atoms with E-state index in [1.807, 2.05) is 44.2 Å². The lowest BCUT2D eigenvalue weighted by Crippen LogP contribution is -1.88. The highest BCUT2D eigenvalue weighted by atomic mass is 16.5. The predicted molar refractivity (Wildman–Crippen MR) is 74.4 cm³/mol. The summed E-state index contributed by atoms with van der Waals surface area (Å²) in [5.41, 5.74) is 2.50. The van der Waals surface area contributed by atoms with E-state index in [4.69, 9.17) is 4.42 Å². The van der Waals surface area contributed by atoms with Crippen molar-refractivity contribution >= 4 is 6.21 Å². The molecule has 2 aromatic rings. The molecule has 0 saturated heterocycles. The van der Waals surface area contributed by atoms with Gasteiger partial charge in [-0.1, -0.05) is 35.9 Å². The van der Waals surface area contributed by atoms with Crippen molar-refractivity contribution in [3.05, 3.63) is 59.3 Å². The van der Waals surface area contributed by atoms with Gasteiger partial charge in [-0.3, -0.25) is 4.99 Å². The Balaban J connectivity index is 2.13. The number of aliphatic imine (C=N–C) groups is 1. The third kappa shape index (κ3) is 3.81. The first-order valence-corrected chi connectivity index (χ1v) is 6.04. The summed E-state index contributed by atoms with van der Waals surface area (Å²) in [6.45, 7) is 3.89. The van der Waals surface area contributed by atoms with Crippen molar-refractivity contribution in [1.82, 2.24) is 4.98 Å². The molecule has 2 rings (SSSR count). The fraction of sp³-hybridized carbons (Fsp3) is 0.200. The van der Waals surface area contributed by atoms with Gasteiger partial charge in [-0.05, 0) is 19.4 Å². The molecule has 1 aromatic carbocycles. The highest BCUT2D eigenvalue weighted by molar-refractivity contribution is 5.80. The van der Waals surface area contributed by atoms with Crippen LogP contribution in [0.3, 0.4) is 0 Å². The summed E-state index contributed by atoms with van der Waals surface area (Å²) in [5.74, 6) is 0.277. The Kier molecular flexibility index (Phi) is 4.13. The highest BCUT2D eigenvalue weighted by Gasteiger charge is 2.10. The smallest absolute Gasteiger partial charge is 0.312 e. The predicted octanol–water partition coefficient (Wildman–Crippen LogP) is 3.31. The zero-order valence-corrected chi connectivity index (χ0v) is 11.0. The van der Waals surface area contributed by atoms with Crippen LogP contribution in [0.25, 0.3) is 0 Å². The van der Waals surface area contributed by atoms with Crippen LogP contribution in [0.2, 0.25) is 0 Å². The minimum absolute atomic E-state index is 0.197. The molecule has 1 aromatic heterocycles. The molecule has 0 spiro atoms. The monoisotopic (exact) mass is 256 g/mol. The molecule has 19 heavy (non-hydrogen) atoms. The van der Waals surface area contributed by atoms with Gasteiger partial charge in [0.15, 0.2) is 5.69 Å². The Morgan fingerprint density at radius 3 is 2.74 bits per heavy atom. The summed E-state index contributed by atoms with van der Waals surface area (Å²) in [6.07, 6.45) is 3.73. The number of aromatic hydroxyl groups is 1. The zero-order chi connectivity index (χ0) is 13.7. The Bertz CT molecular complexity index is 594. The number of nitrogens with zero attached hydrogens (tertiary/aromatic N) is 2. The SMILES string of the molecule is CC(C)=CN=Cc1nc(Cc2ccccc2)oc1O. The average molecular weight is 256 g/mol. The minimum Gasteiger partial charge on any atom is -0.479 e. The van der Waals surface area contributed by atoms with Gasteiger partial charge in [-0.2, -0.15) is 0 Å². The molecule has 4 heteroatoms.